The molecule has 1 amide bonds. The van der Waals surface area contributed by atoms with Crippen LogP contribution in [-0.2, 0) is 4.79 Å². The van der Waals surface area contributed by atoms with Crippen molar-refractivity contribution >= 4 is 17.5 Å². The van der Waals surface area contributed by atoms with Crippen molar-refractivity contribution in [1.29, 1.82) is 0 Å². The van der Waals surface area contributed by atoms with Gasteiger partial charge in [0.05, 0.1) is 0 Å². The van der Waals surface area contributed by atoms with Crippen molar-refractivity contribution in [2.45, 2.75) is 19.8 Å². The number of allylic oxidation sites excluding steroid dienone is 1. The van der Waals surface area contributed by atoms with Crippen molar-refractivity contribution in [1.82, 2.24) is 5.32 Å². The largest absolute Gasteiger partial charge is 0.352 e. The molecule has 0 atom stereocenters. The maximum Gasteiger partial charge on any atom is 0.248 e. The number of carbonyl (C=O) groups is 1. The third-order valence-electron chi connectivity index (χ3n) is 1.61. The summed E-state index contributed by atoms with van der Waals surface area (Å²) in [5.41, 5.74) is 0.666. The average molecular weight is 160 g/mol. The zero-order chi connectivity index (χ0) is 7.56. The first-order valence-corrected chi connectivity index (χ1v) is 3.73. The molecule has 0 aliphatic carbocycles. The predicted octanol–water partition coefficient (Wildman–Crippen LogP) is 1.41. The first-order valence-electron chi connectivity index (χ1n) is 3.35. The smallest absolute Gasteiger partial charge is 0.248 e. The molecular formula is C7H10ClNO. The molecule has 10 heavy (non-hydrogen) atoms. The van der Waals surface area contributed by atoms with Crippen LogP contribution in [0.15, 0.2) is 10.6 Å². The maximum atomic E-state index is 11.0. The molecule has 0 saturated carbocycles. The van der Waals surface area contributed by atoms with Crippen LogP contribution in [0, 0.1) is 0 Å². The maximum absolute atomic E-state index is 11.0. The Balaban J connectivity index is 2.79. The number of amides is 1. The van der Waals surface area contributed by atoms with Crippen LogP contribution in [0.3, 0.4) is 0 Å². The van der Waals surface area contributed by atoms with Gasteiger partial charge < -0.3 is 5.32 Å². The molecule has 0 unspecified atom stereocenters. The van der Waals surface area contributed by atoms with Crippen molar-refractivity contribution in [3.8, 4) is 0 Å². The summed E-state index contributed by atoms with van der Waals surface area (Å²) < 4.78 is 0. The third kappa shape index (κ3) is 1.51. The van der Waals surface area contributed by atoms with Crippen LogP contribution in [0.1, 0.15) is 19.8 Å². The molecule has 0 saturated heterocycles. The first kappa shape index (κ1) is 7.61. The van der Waals surface area contributed by atoms with Gasteiger partial charge in [-0.2, -0.15) is 0 Å². The molecule has 1 heterocycles. The van der Waals surface area contributed by atoms with Crippen LogP contribution < -0.4 is 5.32 Å². The van der Waals surface area contributed by atoms with E-state index >= 15 is 0 Å². The Hall–Kier alpha value is -0.500. The van der Waals surface area contributed by atoms with Crippen molar-refractivity contribution in [3.05, 3.63) is 10.6 Å². The summed E-state index contributed by atoms with van der Waals surface area (Å²) in [5.74, 6) is -0.0255. The Morgan fingerprint density at radius 2 is 2.30 bits per heavy atom. The molecule has 0 aromatic heterocycles. The molecule has 0 bridgehead atoms. The predicted molar refractivity (Wildman–Crippen MR) is 40.8 cm³/mol. The van der Waals surface area contributed by atoms with Crippen LogP contribution in [0.4, 0.5) is 0 Å². The molecule has 0 spiro atoms. The number of hydrogen-bond donors (Lipinski definition) is 1. The van der Waals surface area contributed by atoms with Crippen LogP contribution in [0.5, 0.6) is 0 Å². The molecule has 1 aliphatic heterocycles. The highest BCUT2D eigenvalue weighted by molar-refractivity contribution is 6.31. The van der Waals surface area contributed by atoms with E-state index in [1.165, 1.54) is 0 Å². The quantitative estimate of drug-likeness (QED) is 0.569. The Morgan fingerprint density at radius 3 is 3.00 bits per heavy atom. The average Bonchev–Trinajstić information content (AvgIpc) is 2.04. The fraction of sp³-hybridized carbons (Fsp3) is 0.571. The second kappa shape index (κ2) is 3.06. The minimum absolute atomic E-state index is 0.0255. The van der Waals surface area contributed by atoms with E-state index in [9.17, 15) is 4.79 Å². The zero-order valence-corrected chi connectivity index (χ0v) is 6.66. The van der Waals surface area contributed by atoms with E-state index in [1.807, 2.05) is 0 Å². The van der Waals surface area contributed by atoms with Gasteiger partial charge in [-0.25, -0.2) is 0 Å². The normalized spacial score (nSPS) is 20.4. The molecule has 0 aromatic carbocycles. The van der Waals surface area contributed by atoms with Gasteiger partial charge in [-0.3, -0.25) is 4.79 Å². The Kier molecular flexibility index (Phi) is 2.33. The number of rotatable bonds is 0. The zero-order valence-electron chi connectivity index (χ0n) is 5.91. The van der Waals surface area contributed by atoms with E-state index in [0.29, 0.717) is 10.6 Å². The summed E-state index contributed by atoms with van der Waals surface area (Å²) in [6, 6.07) is 0. The van der Waals surface area contributed by atoms with Gasteiger partial charge in [-0.1, -0.05) is 11.6 Å². The number of hydrogen-bond acceptors (Lipinski definition) is 1. The van der Waals surface area contributed by atoms with E-state index in [0.717, 1.165) is 19.4 Å². The monoisotopic (exact) mass is 159 g/mol. The lowest BCUT2D eigenvalue weighted by atomic mass is 10.2. The number of halogens is 1. The van der Waals surface area contributed by atoms with Gasteiger partial charge in [0.1, 0.15) is 0 Å². The highest BCUT2D eigenvalue weighted by Gasteiger charge is 2.11. The Bertz CT molecular complexity index is 186. The topological polar surface area (TPSA) is 29.1 Å². The molecule has 0 fully saturated rings. The van der Waals surface area contributed by atoms with E-state index in [4.69, 9.17) is 11.6 Å². The van der Waals surface area contributed by atoms with Crippen molar-refractivity contribution in [2.75, 3.05) is 6.54 Å². The van der Waals surface area contributed by atoms with Gasteiger partial charge in [0.2, 0.25) is 5.91 Å². The first-order chi connectivity index (χ1) is 4.72. The SMILES string of the molecule is CC1=C(Cl)CCCNC1=O. The third-order valence-corrected chi connectivity index (χ3v) is 2.08. The second-order valence-electron chi connectivity index (χ2n) is 2.39. The second-order valence-corrected chi connectivity index (χ2v) is 2.85. The summed E-state index contributed by atoms with van der Waals surface area (Å²) in [6.07, 6.45) is 1.77. The van der Waals surface area contributed by atoms with E-state index in [1.54, 1.807) is 6.92 Å². The number of nitrogens with one attached hydrogen (secondary N) is 1. The molecule has 1 N–H and O–H groups in total. The molecular weight excluding hydrogens is 150 g/mol. The molecule has 56 valence electrons. The summed E-state index contributed by atoms with van der Waals surface area (Å²) in [4.78, 5) is 11.0. The summed E-state index contributed by atoms with van der Waals surface area (Å²) in [5, 5.41) is 3.45. The Morgan fingerprint density at radius 1 is 1.60 bits per heavy atom. The van der Waals surface area contributed by atoms with Crippen molar-refractivity contribution in [2.24, 2.45) is 0 Å². The summed E-state index contributed by atoms with van der Waals surface area (Å²) in [6.45, 7) is 2.50. The lowest BCUT2D eigenvalue weighted by Gasteiger charge is -1.98. The van der Waals surface area contributed by atoms with Crippen molar-refractivity contribution < 1.29 is 4.79 Å². The van der Waals surface area contributed by atoms with Gasteiger partial charge >= 0.3 is 0 Å². The van der Waals surface area contributed by atoms with Crippen LogP contribution in [0.25, 0.3) is 0 Å². The molecule has 1 aliphatic rings. The van der Waals surface area contributed by atoms with E-state index in [2.05, 4.69) is 5.32 Å². The Labute approximate surface area is 65.2 Å². The molecule has 1 rings (SSSR count). The number of carbonyl (C=O) groups excluding carboxylic acids is 1. The molecule has 3 heteroatoms. The van der Waals surface area contributed by atoms with E-state index < -0.39 is 0 Å². The van der Waals surface area contributed by atoms with Crippen molar-refractivity contribution in [3.63, 3.8) is 0 Å². The highest BCUT2D eigenvalue weighted by Crippen LogP contribution is 2.17. The van der Waals surface area contributed by atoms with Gasteiger partial charge in [-0.05, 0) is 19.8 Å². The van der Waals surface area contributed by atoms with Crippen LogP contribution in [-0.4, -0.2) is 12.5 Å². The molecule has 0 aromatic rings. The van der Waals surface area contributed by atoms with Gasteiger partial charge in [0, 0.05) is 17.2 Å². The molecule has 0 radical (unpaired) electrons. The fourth-order valence-corrected chi connectivity index (χ4v) is 1.11. The standard InChI is InChI=1S/C7H10ClNO/c1-5-6(8)3-2-4-9-7(5)10/h2-4H2,1H3,(H,9,10). The summed E-state index contributed by atoms with van der Waals surface area (Å²) in [7, 11) is 0. The van der Waals surface area contributed by atoms with Crippen LogP contribution >= 0.6 is 11.6 Å². The fourth-order valence-electron chi connectivity index (χ4n) is 0.889. The highest BCUT2D eigenvalue weighted by atomic mass is 35.5. The molecule has 2 nitrogen and oxygen atoms in total. The minimum atomic E-state index is -0.0255. The van der Waals surface area contributed by atoms with Gasteiger partial charge in [-0.15, -0.1) is 0 Å². The van der Waals surface area contributed by atoms with Gasteiger partial charge in [0.25, 0.3) is 0 Å². The van der Waals surface area contributed by atoms with E-state index in [-0.39, 0.29) is 5.91 Å². The lowest BCUT2D eigenvalue weighted by molar-refractivity contribution is -0.117. The van der Waals surface area contributed by atoms with Crippen LogP contribution in [0.2, 0.25) is 0 Å². The lowest BCUT2D eigenvalue weighted by Crippen LogP contribution is -2.23. The summed E-state index contributed by atoms with van der Waals surface area (Å²) >= 11 is 5.79. The van der Waals surface area contributed by atoms with Gasteiger partial charge in [0.15, 0.2) is 0 Å². The minimum Gasteiger partial charge on any atom is -0.352 e.